The van der Waals surface area contributed by atoms with Crippen LogP contribution in [0.3, 0.4) is 0 Å². The third-order valence-electron chi connectivity index (χ3n) is 4.19. The molecule has 2 aromatic carbocycles. The lowest BCUT2D eigenvalue weighted by Crippen LogP contribution is -1.89. The van der Waals surface area contributed by atoms with Crippen molar-refractivity contribution in [3.63, 3.8) is 0 Å². The summed E-state index contributed by atoms with van der Waals surface area (Å²) in [4.78, 5) is 11.0. The number of benzene rings is 2. The highest BCUT2D eigenvalue weighted by molar-refractivity contribution is 7.98. The number of rotatable bonds is 4. The molecule has 27 heavy (non-hydrogen) atoms. The quantitative estimate of drug-likeness (QED) is 0.318. The third-order valence-corrected chi connectivity index (χ3v) is 6.27. The van der Waals surface area contributed by atoms with Crippen molar-refractivity contribution in [1.29, 1.82) is 5.26 Å². The summed E-state index contributed by atoms with van der Waals surface area (Å²) in [5.74, 6) is 0.457. The zero-order chi connectivity index (χ0) is 18.8. The maximum absolute atomic E-state index is 13.3. The molecule has 132 valence electrons. The minimum atomic E-state index is -0.251. The monoisotopic (exact) mass is 391 g/mol. The Hall–Kier alpha value is -2.75. The first-order chi connectivity index (χ1) is 13.2. The van der Waals surface area contributed by atoms with Crippen LogP contribution in [-0.2, 0) is 5.75 Å². The molecule has 0 saturated heterocycles. The summed E-state index contributed by atoms with van der Waals surface area (Å²) in [5, 5.41) is 11.0. The van der Waals surface area contributed by atoms with Gasteiger partial charge in [0.1, 0.15) is 22.0 Å². The zero-order valence-corrected chi connectivity index (χ0v) is 16.1. The van der Waals surface area contributed by atoms with Gasteiger partial charge in [0.2, 0.25) is 0 Å². The van der Waals surface area contributed by atoms with E-state index in [9.17, 15) is 4.39 Å². The van der Waals surface area contributed by atoms with Gasteiger partial charge in [0.15, 0.2) is 0 Å². The summed E-state index contributed by atoms with van der Waals surface area (Å²) in [6.45, 7) is 2.05. The first kappa shape index (κ1) is 17.7. The van der Waals surface area contributed by atoms with E-state index in [1.54, 1.807) is 47.6 Å². The average molecular weight is 391 g/mol. The number of fused-ring (bicyclic) bond motifs is 1. The number of thioether (sulfide) groups is 1. The molecule has 0 aliphatic heterocycles. The molecule has 0 atom stereocenters. The molecule has 3 nitrogen and oxygen atoms in total. The maximum atomic E-state index is 13.3. The van der Waals surface area contributed by atoms with E-state index in [2.05, 4.69) is 23.0 Å². The Morgan fingerprint density at radius 3 is 2.74 bits per heavy atom. The Morgan fingerprint density at radius 2 is 1.96 bits per heavy atom. The van der Waals surface area contributed by atoms with E-state index >= 15 is 0 Å². The largest absolute Gasteiger partial charge is 0.229 e. The SMILES string of the molecule is Cc1sc2ncnc(SCc3cccc(C#N)c3)c2c1-c1ccc(F)cc1. The molecule has 0 amide bonds. The van der Waals surface area contributed by atoms with E-state index in [-0.39, 0.29) is 5.82 Å². The molecule has 0 saturated carbocycles. The molecule has 4 rings (SSSR count). The highest BCUT2D eigenvalue weighted by atomic mass is 32.2. The second-order valence-corrected chi connectivity index (χ2v) is 8.17. The van der Waals surface area contributed by atoms with Crippen LogP contribution >= 0.6 is 23.1 Å². The Balaban J connectivity index is 1.75. The van der Waals surface area contributed by atoms with Crippen LogP contribution in [0.25, 0.3) is 21.3 Å². The Bertz CT molecular complexity index is 1160. The number of hydrogen-bond donors (Lipinski definition) is 0. The summed E-state index contributed by atoms with van der Waals surface area (Å²) < 4.78 is 13.3. The van der Waals surface area contributed by atoms with Gasteiger partial charge in [-0.15, -0.1) is 23.1 Å². The van der Waals surface area contributed by atoms with E-state index in [4.69, 9.17) is 5.26 Å². The first-order valence-corrected chi connectivity index (χ1v) is 10.1. The molecule has 0 aliphatic carbocycles. The van der Waals surface area contributed by atoms with Crippen LogP contribution in [0.5, 0.6) is 0 Å². The summed E-state index contributed by atoms with van der Waals surface area (Å²) in [7, 11) is 0. The van der Waals surface area contributed by atoms with Gasteiger partial charge in [0, 0.05) is 16.2 Å². The Labute approximate surface area is 164 Å². The fourth-order valence-corrected chi connectivity index (χ4v) is 5.00. The highest BCUT2D eigenvalue weighted by Crippen LogP contribution is 2.41. The molecule has 6 heteroatoms. The van der Waals surface area contributed by atoms with Crippen LogP contribution < -0.4 is 0 Å². The molecule has 2 aromatic heterocycles. The molecule has 0 bridgehead atoms. The van der Waals surface area contributed by atoms with Gasteiger partial charge in [-0.25, -0.2) is 14.4 Å². The third kappa shape index (κ3) is 3.57. The molecule has 0 radical (unpaired) electrons. The molecule has 0 spiro atoms. The molecule has 2 heterocycles. The Kier molecular flexibility index (Phi) is 4.88. The standard InChI is InChI=1S/C21H14FN3S2/c1-13-18(16-5-7-17(22)8-6-16)19-20(24-12-25-21(19)27-13)26-11-15-4-2-3-14(9-15)10-23/h2-9,12H,11H2,1H3. The van der Waals surface area contributed by atoms with Gasteiger partial charge in [-0.1, -0.05) is 24.3 Å². The summed E-state index contributed by atoms with van der Waals surface area (Å²) in [5.41, 5.74) is 3.74. The van der Waals surface area contributed by atoms with Crippen LogP contribution in [0.1, 0.15) is 16.0 Å². The molecule has 0 N–H and O–H groups in total. The van der Waals surface area contributed by atoms with E-state index in [0.29, 0.717) is 11.3 Å². The van der Waals surface area contributed by atoms with Gasteiger partial charge in [-0.2, -0.15) is 5.26 Å². The molecular weight excluding hydrogens is 377 g/mol. The van der Waals surface area contributed by atoms with Gasteiger partial charge >= 0.3 is 0 Å². The van der Waals surface area contributed by atoms with Crippen molar-refractivity contribution in [3.05, 3.63) is 76.7 Å². The summed E-state index contributed by atoms with van der Waals surface area (Å²) in [6, 6.07) is 16.3. The van der Waals surface area contributed by atoms with Crippen LogP contribution in [0, 0.1) is 24.1 Å². The van der Waals surface area contributed by atoms with Crippen molar-refractivity contribution >= 4 is 33.3 Å². The van der Waals surface area contributed by atoms with Crippen molar-refractivity contribution in [2.75, 3.05) is 0 Å². The molecule has 4 aromatic rings. The van der Waals surface area contributed by atoms with Gasteiger partial charge in [-0.3, -0.25) is 0 Å². The predicted molar refractivity (Wildman–Crippen MR) is 108 cm³/mol. The number of thiophene rings is 1. The fourth-order valence-electron chi connectivity index (χ4n) is 2.97. The number of nitriles is 1. The van der Waals surface area contributed by atoms with Gasteiger partial charge in [0.05, 0.1) is 17.0 Å². The minimum Gasteiger partial charge on any atom is -0.229 e. The van der Waals surface area contributed by atoms with Crippen molar-refractivity contribution in [1.82, 2.24) is 9.97 Å². The van der Waals surface area contributed by atoms with Gasteiger partial charge in [-0.05, 0) is 42.3 Å². The normalized spacial score (nSPS) is 10.9. The highest BCUT2D eigenvalue weighted by Gasteiger charge is 2.17. The molecule has 0 aliphatic rings. The second-order valence-electron chi connectivity index (χ2n) is 6.00. The number of aromatic nitrogens is 2. The van der Waals surface area contributed by atoms with Crippen molar-refractivity contribution in [2.24, 2.45) is 0 Å². The van der Waals surface area contributed by atoms with Crippen LogP contribution in [0.2, 0.25) is 0 Å². The maximum Gasteiger partial charge on any atom is 0.128 e. The molecular formula is C21H14FN3S2. The number of nitrogens with zero attached hydrogens (tertiary/aromatic N) is 3. The fraction of sp³-hybridized carbons (Fsp3) is 0.0952. The first-order valence-electron chi connectivity index (χ1n) is 8.27. The summed E-state index contributed by atoms with van der Waals surface area (Å²) >= 11 is 3.24. The number of halogens is 1. The number of hydrogen-bond acceptors (Lipinski definition) is 5. The van der Waals surface area contributed by atoms with Crippen LogP contribution in [-0.4, -0.2) is 9.97 Å². The van der Waals surface area contributed by atoms with Crippen molar-refractivity contribution in [2.45, 2.75) is 17.7 Å². The zero-order valence-electron chi connectivity index (χ0n) is 14.4. The van der Waals surface area contributed by atoms with E-state index < -0.39 is 0 Å². The van der Waals surface area contributed by atoms with E-state index in [1.807, 2.05) is 18.2 Å². The number of aryl methyl sites for hydroxylation is 1. The lowest BCUT2D eigenvalue weighted by Gasteiger charge is -2.07. The van der Waals surface area contributed by atoms with Crippen molar-refractivity contribution in [3.8, 4) is 17.2 Å². The second kappa shape index (κ2) is 7.47. The Morgan fingerprint density at radius 1 is 1.15 bits per heavy atom. The lowest BCUT2D eigenvalue weighted by molar-refractivity contribution is 0.628. The molecule has 0 unspecified atom stereocenters. The minimum absolute atomic E-state index is 0.251. The average Bonchev–Trinajstić information content (AvgIpc) is 3.03. The van der Waals surface area contributed by atoms with Crippen LogP contribution in [0.15, 0.2) is 59.9 Å². The lowest BCUT2D eigenvalue weighted by atomic mass is 10.0. The van der Waals surface area contributed by atoms with Gasteiger partial charge in [0.25, 0.3) is 0 Å². The van der Waals surface area contributed by atoms with E-state index in [1.165, 1.54) is 12.1 Å². The predicted octanol–water partition coefficient (Wildman–Crippen LogP) is 5.97. The van der Waals surface area contributed by atoms with Gasteiger partial charge < -0.3 is 0 Å². The van der Waals surface area contributed by atoms with Crippen LogP contribution in [0.4, 0.5) is 4.39 Å². The smallest absolute Gasteiger partial charge is 0.128 e. The summed E-state index contributed by atoms with van der Waals surface area (Å²) in [6.07, 6.45) is 1.58. The topological polar surface area (TPSA) is 49.6 Å². The molecule has 0 fully saturated rings. The van der Waals surface area contributed by atoms with Crippen molar-refractivity contribution < 1.29 is 4.39 Å². The van der Waals surface area contributed by atoms with E-state index in [0.717, 1.165) is 36.8 Å².